The molecule has 0 bridgehead atoms. The lowest BCUT2D eigenvalue weighted by molar-refractivity contribution is -0.145. The highest BCUT2D eigenvalue weighted by Crippen LogP contribution is 2.26. The van der Waals surface area contributed by atoms with E-state index in [1.165, 1.54) is 5.56 Å². The van der Waals surface area contributed by atoms with Crippen LogP contribution in [0, 0.1) is 6.92 Å². The van der Waals surface area contributed by atoms with Crippen LogP contribution in [0.5, 0.6) is 5.75 Å². The molecule has 98 valence electrons. The molecule has 1 saturated heterocycles. The molecule has 1 heterocycles. The Bertz CT molecular complexity index is 437. The normalized spacial score (nSPS) is 20.2. The Hall–Kier alpha value is -1.35. The van der Waals surface area contributed by atoms with Crippen LogP contribution in [-0.4, -0.2) is 18.7 Å². The molecule has 1 aliphatic rings. The molecule has 1 aromatic carbocycles. The topological polar surface area (TPSA) is 35.5 Å². The molecule has 3 heteroatoms. The van der Waals surface area contributed by atoms with E-state index in [9.17, 15) is 4.79 Å². The molecule has 0 aliphatic carbocycles. The average Bonchev–Trinajstić information content (AvgIpc) is 2.31. The van der Waals surface area contributed by atoms with Crippen LogP contribution in [-0.2, 0) is 9.53 Å². The van der Waals surface area contributed by atoms with Crippen molar-refractivity contribution in [1.29, 1.82) is 0 Å². The van der Waals surface area contributed by atoms with Crippen molar-refractivity contribution in [2.24, 2.45) is 0 Å². The minimum atomic E-state index is -0.424. The van der Waals surface area contributed by atoms with Gasteiger partial charge >= 0.3 is 0 Å². The number of benzene rings is 1. The predicted octanol–water partition coefficient (Wildman–Crippen LogP) is 3.20. The van der Waals surface area contributed by atoms with Gasteiger partial charge in [0.2, 0.25) is 6.29 Å². The van der Waals surface area contributed by atoms with Gasteiger partial charge in [-0.3, -0.25) is 4.79 Å². The smallest absolute Gasteiger partial charge is 0.206 e. The first-order chi connectivity index (χ1) is 8.56. The summed E-state index contributed by atoms with van der Waals surface area (Å²) in [6.45, 7) is 6.76. The maximum atomic E-state index is 11.4. The fourth-order valence-corrected chi connectivity index (χ4v) is 1.97. The summed E-state index contributed by atoms with van der Waals surface area (Å²) in [5.41, 5.74) is 2.30. The zero-order valence-electron chi connectivity index (χ0n) is 11.2. The van der Waals surface area contributed by atoms with Crippen LogP contribution in [0.15, 0.2) is 18.2 Å². The summed E-state index contributed by atoms with van der Waals surface area (Å²) in [5.74, 6) is 1.49. The maximum absolute atomic E-state index is 11.4. The van der Waals surface area contributed by atoms with E-state index in [4.69, 9.17) is 9.47 Å². The molecule has 3 nitrogen and oxygen atoms in total. The number of carbonyl (C=O) groups excluding carboxylic acids is 1. The third-order valence-electron chi connectivity index (χ3n) is 3.22. The predicted molar refractivity (Wildman–Crippen MR) is 69.9 cm³/mol. The number of ether oxygens (including phenoxy) is 2. The highest BCUT2D eigenvalue weighted by Gasteiger charge is 2.22. The van der Waals surface area contributed by atoms with Crippen molar-refractivity contribution in [3.8, 4) is 5.75 Å². The molecule has 0 saturated carbocycles. The summed E-state index contributed by atoms with van der Waals surface area (Å²) >= 11 is 0. The summed E-state index contributed by atoms with van der Waals surface area (Å²) in [5, 5.41) is 0. The SMILES string of the molecule is Cc1ccc(C(C)C)cc1OC1CC(=O)CCO1. The van der Waals surface area contributed by atoms with Gasteiger partial charge in [-0.05, 0) is 30.0 Å². The van der Waals surface area contributed by atoms with Gasteiger partial charge in [-0.25, -0.2) is 0 Å². The number of hydrogen-bond donors (Lipinski definition) is 0. The van der Waals surface area contributed by atoms with E-state index in [1.54, 1.807) is 0 Å². The quantitative estimate of drug-likeness (QED) is 0.824. The van der Waals surface area contributed by atoms with E-state index in [2.05, 4.69) is 26.0 Å². The molecule has 1 atom stereocenters. The lowest BCUT2D eigenvalue weighted by Crippen LogP contribution is -2.30. The first kappa shape index (κ1) is 13.1. The van der Waals surface area contributed by atoms with Gasteiger partial charge in [0, 0.05) is 6.42 Å². The molecule has 18 heavy (non-hydrogen) atoms. The molecular formula is C15H20O3. The van der Waals surface area contributed by atoms with Gasteiger partial charge in [0.15, 0.2) is 0 Å². The van der Waals surface area contributed by atoms with Gasteiger partial charge in [0.05, 0.1) is 13.0 Å². The molecule has 0 radical (unpaired) electrons. The van der Waals surface area contributed by atoms with Crippen molar-refractivity contribution in [3.05, 3.63) is 29.3 Å². The zero-order chi connectivity index (χ0) is 13.1. The molecule has 0 aromatic heterocycles. The van der Waals surface area contributed by atoms with Gasteiger partial charge in [0.25, 0.3) is 0 Å². The van der Waals surface area contributed by atoms with E-state index in [0.717, 1.165) is 11.3 Å². The van der Waals surface area contributed by atoms with Crippen molar-refractivity contribution in [2.75, 3.05) is 6.61 Å². The second-order valence-electron chi connectivity index (χ2n) is 5.09. The summed E-state index contributed by atoms with van der Waals surface area (Å²) in [7, 11) is 0. The van der Waals surface area contributed by atoms with E-state index >= 15 is 0 Å². The molecule has 1 aromatic rings. The lowest BCUT2D eigenvalue weighted by atomic mass is 10.0. The second-order valence-corrected chi connectivity index (χ2v) is 5.09. The molecule has 1 fully saturated rings. The van der Waals surface area contributed by atoms with Crippen LogP contribution in [0.25, 0.3) is 0 Å². The Labute approximate surface area is 108 Å². The fraction of sp³-hybridized carbons (Fsp3) is 0.533. The summed E-state index contributed by atoms with van der Waals surface area (Å²) < 4.78 is 11.3. The van der Waals surface area contributed by atoms with Crippen LogP contribution in [0.1, 0.15) is 43.7 Å². The third kappa shape index (κ3) is 3.10. The highest BCUT2D eigenvalue weighted by atomic mass is 16.7. The van der Waals surface area contributed by atoms with Gasteiger partial charge in [-0.15, -0.1) is 0 Å². The van der Waals surface area contributed by atoms with Crippen LogP contribution in [0.3, 0.4) is 0 Å². The summed E-state index contributed by atoms with van der Waals surface area (Å²) in [4.78, 5) is 11.4. The Morgan fingerprint density at radius 1 is 1.39 bits per heavy atom. The van der Waals surface area contributed by atoms with Crippen molar-refractivity contribution in [3.63, 3.8) is 0 Å². The van der Waals surface area contributed by atoms with Crippen LogP contribution in [0.4, 0.5) is 0 Å². The number of aryl methyl sites for hydroxylation is 1. The molecule has 0 N–H and O–H groups in total. The highest BCUT2D eigenvalue weighted by molar-refractivity contribution is 5.79. The standard InChI is InChI=1S/C15H20O3/c1-10(2)12-5-4-11(3)14(8-12)18-15-9-13(16)6-7-17-15/h4-5,8,10,15H,6-7,9H2,1-3H3. The first-order valence-corrected chi connectivity index (χ1v) is 6.47. The van der Waals surface area contributed by atoms with Crippen molar-refractivity contribution >= 4 is 5.78 Å². The molecule has 1 unspecified atom stereocenters. The van der Waals surface area contributed by atoms with E-state index in [1.807, 2.05) is 13.0 Å². The number of hydrogen-bond acceptors (Lipinski definition) is 3. The molecule has 0 spiro atoms. The van der Waals surface area contributed by atoms with E-state index in [0.29, 0.717) is 25.4 Å². The average molecular weight is 248 g/mol. The minimum Gasteiger partial charge on any atom is -0.464 e. The second kappa shape index (κ2) is 5.53. The Kier molecular flexibility index (Phi) is 4.02. The molecular weight excluding hydrogens is 228 g/mol. The zero-order valence-corrected chi connectivity index (χ0v) is 11.2. The maximum Gasteiger partial charge on any atom is 0.206 e. The number of rotatable bonds is 3. The monoisotopic (exact) mass is 248 g/mol. The Morgan fingerprint density at radius 3 is 2.83 bits per heavy atom. The Balaban J connectivity index is 2.12. The van der Waals surface area contributed by atoms with Gasteiger partial charge in [-0.2, -0.15) is 0 Å². The summed E-state index contributed by atoms with van der Waals surface area (Å²) in [6, 6.07) is 6.21. The molecule has 0 amide bonds. The van der Waals surface area contributed by atoms with Crippen LogP contribution in [0.2, 0.25) is 0 Å². The van der Waals surface area contributed by atoms with Crippen molar-refractivity contribution in [2.45, 2.75) is 45.8 Å². The summed E-state index contributed by atoms with van der Waals surface area (Å²) in [6.07, 6.45) is 0.434. The first-order valence-electron chi connectivity index (χ1n) is 6.47. The van der Waals surface area contributed by atoms with Crippen molar-refractivity contribution < 1.29 is 14.3 Å². The van der Waals surface area contributed by atoms with E-state index < -0.39 is 6.29 Å². The Morgan fingerprint density at radius 2 is 2.17 bits per heavy atom. The van der Waals surface area contributed by atoms with Crippen molar-refractivity contribution in [1.82, 2.24) is 0 Å². The van der Waals surface area contributed by atoms with Crippen LogP contribution >= 0.6 is 0 Å². The van der Waals surface area contributed by atoms with Gasteiger partial charge in [0.1, 0.15) is 11.5 Å². The molecule has 1 aliphatic heterocycles. The van der Waals surface area contributed by atoms with Gasteiger partial charge in [-0.1, -0.05) is 26.0 Å². The molecule has 2 rings (SSSR count). The van der Waals surface area contributed by atoms with Gasteiger partial charge < -0.3 is 9.47 Å². The van der Waals surface area contributed by atoms with Crippen LogP contribution < -0.4 is 4.74 Å². The number of Topliss-reactive ketones (excluding diaryl/α,β-unsaturated/α-hetero) is 1. The van der Waals surface area contributed by atoms with E-state index in [-0.39, 0.29) is 5.78 Å². The lowest BCUT2D eigenvalue weighted by Gasteiger charge is -2.24. The number of ketones is 1. The number of carbonyl (C=O) groups is 1. The largest absolute Gasteiger partial charge is 0.464 e. The third-order valence-corrected chi connectivity index (χ3v) is 3.22. The fourth-order valence-electron chi connectivity index (χ4n) is 1.97. The minimum absolute atomic E-state index is 0.212.